The molecule has 0 aromatic heterocycles. The quantitative estimate of drug-likeness (QED) is 0.853. The summed E-state index contributed by atoms with van der Waals surface area (Å²) >= 11 is 8.56. The maximum Gasteiger partial charge on any atom is 0.240 e. The summed E-state index contributed by atoms with van der Waals surface area (Å²) in [6, 6.07) is 7.36. The Labute approximate surface area is 134 Å². The van der Waals surface area contributed by atoms with Gasteiger partial charge in [-0.05, 0) is 51.8 Å². The largest absolute Gasteiger partial charge is 0.240 e. The summed E-state index contributed by atoms with van der Waals surface area (Å²) in [5, 5.41) is -0.0959. The van der Waals surface area contributed by atoms with Crippen LogP contribution >= 0.6 is 27.5 Å². The van der Waals surface area contributed by atoms with Crippen LogP contribution in [0.15, 0.2) is 45.8 Å². The Morgan fingerprint density at radius 2 is 1.81 bits per heavy atom. The molecule has 0 unspecified atom stereocenters. The first-order valence-corrected chi connectivity index (χ1v) is 8.33. The molecule has 2 rings (SSSR count). The number of halogens is 4. The molecule has 112 valence electrons. The van der Waals surface area contributed by atoms with Gasteiger partial charge in [0.05, 0.1) is 14.4 Å². The second kappa shape index (κ2) is 6.39. The van der Waals surface area contributed by atoms with Crippen molar-refractivity contribution >= 4 is 37.6 Å². The first-order chi connectivity index (χ1) is 9.79. The van der Waals surface area contributed by atoms with E-state index in [0.717, 1.165) is 12.1 Å². The summed E-state index contributed by atoms with van der Waals surface area (Å²) in [6.07, 6.45) is 0. The van der Waals surface area contributed by atoms with E-state index in [1.54, 1.807) is 0 Å². The highest BCUT2D eigenvalue weighted by atomic mass is 79.9. The van der Waals surface area contributed by atoms with E-state index >= 15 is 0 Å². The Morgan fingerprint density at radius 3 is 2.43 bits per heavy atom. The van der Waals surface area contributed by atoms with Crippen LogP contribution in [-0.2, 0) is 16.6 Å². The molecule has 0 aliphatic carbocycles. The van der Waals surface area contributed by atoms with Gasteiger partial charge in [0, 0.05) is 6.54 Å². The lowest BCUT2D eigenvalue weighted by molar-refractivity contribution is 0.576. The van der Waals surface area contributed by atoms with Crippen LogP contribution in [0, 0.1) is 11.6 Å². The highest BCUT2D eigenvalue weighted by Crippen LogP contribution is 2.20. The van der Waals surface area contributed by atoms with Gasteiger partial charge in [-0.3, -0.25) is 0 Å². The molecule has 2 aromatic rings. The molecule has 0 saturated carbocycles. The number of sulfonamides is 1. The fraction of sp³-hybridized carbons (Fsp3) is 0.0769. The standard InChI is InChI=1S/C13H9BrClF2NO2S/c14-10-3-2-9(6-13(10)17)21(19,20)18-7-8-1-4-12(16)11(15)5-8/h1-6,18H,7H2. The summed E-state index contributed by atoms with van der Waals surface area (Å²) in [6.45, 7) is -0.0833. The molecule has 0 radical (unpaired) electrons. The molecule has 0 amide bonds. The summed E-state index contributed by atoms with van der Waals surface area (Å²) < 4.78 is 52.9. The van der Waals surface area contributed by atoms with Crippen molar-refractivity contribution in [3.63, 3.8) is 0 Å². The molecule has 0 spiro atoms. The monoisotopic (exact) mass is 395 g/mol. The van der Waals surface area contributed by atoms with Crippen molar-refractivity contribution in [3.8, 4) is 0 Å². The smallest absolute Gasteiger partial charge is 0.207 e. The summed E-state index contributed by atoms with van der Waals surface area (Å²) in [5.41, 5.74) is 0.488. The first-order valence-electron chi connectivity index (χ1n) is 5.68. The minimum absolute atomic E-state index is 0.0833. The second-order valence-corrected chi connectivity index (χ2v) is 7.18. The third-order valence-electron chi connectivity index (χ3n) is 2.65. The molecular formula is C13H9BrClF2NO2S. The SMILES string of the molecule is O=S(=O)(NCc1ccc(F)c(Cl)c1)c1ccc(Br)c(F)c1. The predicted octanol–water partition coefficient (Wildman–Crippen LogP) is 3.86. The van der Waals surface area contributed by atoms with Crippen molar-refractivity contribution in [1.29, 1.82) is 0 Å². The Hall–Kier alpha value is -1.02. The zero-order valence-corrected chi connectivity index (χ0v) is 13.6. The Kier molecular flexibility index (Phi) is 4.98. The molecule has 0 aliphatic heterocycles. The van der Waals surface area contributed by atoms with Gasteiger partial charge in [0.2, 0.25) is 10.0 Å². The third kappa shape index (κ3) is 4.00. The van der Waals surface area contributed by atoms with E-state index in [1.165, 1.54) is 24.3 Å². The summed E-state index contributed by atoms with van der Waals surface area (Å²) in [7, 11) is -3.87. The lowest BCUT2D eigenvalue weighted by Gasteiger charge is -2.08. The van der Waals surface area contributed by atoms with Gasteiger partial charge in [-0.25, -0.2) is 21.9 Å². The van der Waals surface area contributed by atoms with Gasteiger partial charge in [0.1, 0.15) is 11.6 Å². The number of hydrogen-bond acceptors (Lipinski definition) is 2. The molecule has 0 saturated heterocycles. The Balaban J connectivity index is 2.17. The van der Waals surface area contributed by atoms with Crippen LogP contribution < -0.4 is 4.72 Å². The Morgan fingerprint density at radius 1 is 1.10 bits per heavy atom. The third-order valence-corrected chi connectivity index (χ3v) is 4.98. The normalized spacial score (nSPS) is 11.6. The van der Waals surface area contributed by atoms with Crippen LogP contribution in [0.2, 0.25) is 5.02 Å². The van der Waals surface area contributed by atoms with Crippen molar-refractivity contribution in [2.75, 3.05) is 0 Å². The molecule has 2 aromatic carbocycles. The van der Waals surface area contributed by atoms with E-state index in [0.29, 0.717) is 5.56 Å². The minimum atomic E-state index is -3.87. The predicted molar refractivity (Wildman–Crippen MR) is 79.5 cm³/mol. The van der Waals surface area contributed by atoms with Gasteiger partial charge in [-0.15, -0.1) is 0 Å². The molecule has 0 atom stereocenters. The van der Waals surface area contributed by atoms with E-state index in [4.69, 9.17) is 11.6 Å². The van der Waals surface area contributed by atoms with Crippen LogP contribution in [0.25, 0.3) is 0 Å². The molecule has 1 N–H and O–H groups in total. The maximum absolute atomic E-state index is 13.4. The van der Waals surface area contributed by atoms with Crippen LogP contribution in [0.1, 0.15) is 5.56 Å². The van der Waals surface area contributed by atoms with Crippen molar-refractivity contribution in [2.24, 2.45) is 0 Å². The van der Waals surface area contributed by atoms with Crippen LogP contribution in [0.4, 0.5) is 8.78 Å². The number of nitrogens with one attached hydrogen (secondary N) is 1. The average molecular weight is 397 g/mol. The average Bonchev–Trinajstić information content (AvgIpc) is 2.43. The van der Waals surface area contributed by atoms with E-state index in [1.807, 2.05) is 0 Å². The Bertz CT molecular complexity index is 784. The zero-order chi connectivity index (χ0) is 15.6. The number of benzene rings is 2. The lowest BCUT2D eigenvalue weighted by Crippen LogP contribution is -2.23. The van der Waals surface area contributed by atoms with Gasteiger partial charge < -0.3 is 0 Å². The van der Waals surface area contributed by atoms with E-state index in [-0.39, 0.29) is 20.9 Å². The van der Waals surface area contributed by atoms with Crippen molar-refractivity contribution in [2.45, 2.75) is 11.4 Å². The van der Waals surface area contributed by atoms with E-state index < -0.39 is 21.7 Å². The van der Waals surface area contributed by atoms with Crippen LogP contribution in [0.3, 0.4) is 0 Å². The fourth-order valence-electron chi connectivity index (χ4n) is 1.56. The highest BCUT2D eigenvalue weighted by Gasteiger charge is 2.15. The molecule has 3 nitrogen and oxygen atoms in total. The topological polar surface area (TPSA) is 46.2 Å². The van der Waals surface area contributed by atoms with Crippen LogP contribution in [0.5, 0.6) is 0 Å². The van der Waals surface area contributed by atoms with Gasteiger partial charge in [0.25, 0.3) is 0 Å². The summed E-state index contributed by atoms with van der Waals surface area (Å²) in [5.74, 6) is -1.26. The molecule has 0 fully saturated rings. The molecule has 21 heavy (non-hydrogen) atoms. The van der Waals surface area contributed by atoms with Crippen LogP contribution in [-0.4, -0.2) is 8.42 Å². The molecule has 0 aliphatic rings. The molecule has 8 heteroatoms. The van der Waals surface area contributed by atoms with E-state index in [2.05, 4.69) is 20.7 Å². The molecule has 0 heterocycles. The highest BCUT2D eigenvalue weighted by molar-refractivity contribution is 9.10. The first kappa shape index (κ1) is 16.4. The molecule has 0 bridgehead atoms. The zero-order valence-electron chi connectivity index (χ0n) is 10.4. The minimum Gasteiger partial charge on any atom is -0.207 e. The van der Waals surface area contributed by atoms with Gasteiger partial charge >= 0.3 is 0 Å². The molecular weight excluding hydrogens is 388 g/mol. The maximum atomic E-state index is 13.4. The number of rotatable bonds is 4. The fourth-order valence-corrected chi connectivity index (χ4v) is 3.03. The van der Waals surface area contributed by atoms with Gasteiger partial charge in [-0.1, -0.05) is 17.7 Å². The van der Waals surface area contributed by atoms with E-state index in [9.17, 15) is 17.2 Å². The number of hydrogen-bond donors (Lipinski definition) is 1. The summed E-state index contributed by atoms with van der Waals surface area (Å²) in [4.78, 5) is -0.198. The van der Waals surface area contributed by atoms with Gasteiger partial charge in [-0.2, -0.15) is 0 Å². The van der Waals surface area contributed by atoms with Crippen molar-refractivity contribution in [1.82, 2.24) is 4.72 Å². The lowest BCUT2D eigenvalue weighted by atomic mass is 10.2. The van der Waals surface area contributed by atoms with Crippen molar-refractivity contribution < 1.29 is 17.2 Å². The van der Waals surface area contributed by atoms with Crippen molar-refractivity contribution in [3.05, 3.63) is 63.1 Å². The second-order valence-electron chi connectivity index (χ2n) is 4.15. The van der Waals surface area contributed by atoms with Gasteiger partial charge in [0.15, 0.2) is 0 Å².